The quantitative estimate of drug-likeness (QED) is 0.868. The van der Waals surface area contributed by atoms with Crippen LogP contribution in [0.5, 0.6) is 5.88 Å². The minimum Gasteiger partial charge on any atom is -0.481 e. The fourth-order valence-electron chi connectivity index (χ4n) is 3.82. The molecule has 1 unspecified atom stereocenters. The molecule has 4 rings (SSSR count). The van der Waals surface area contributed by atoms with Gasteiger partial charge >= 0.3 is 5.97 Å². The molecule has 7 nitrogen and oxygen atoms in total. The van der Waals surface area contributed by atoms with Gasteiger partial charge in [-0.15, -0.1) is 0 Å². The second-order valence-corrected chi connectivity index (χ2v) is 7.14. The average molecular weight is 346 g/mol. The largest absolute Gasteiger partial charge is 0.481 e. The summed E-state index contributed by atoms with van der Waals surface area (Å²) in [7, 11) is 0. The number of ether oxygens (including phenoxy) is 2. The Morgan fingerprint density at radius 3 is 2.80 bits per heavy atom. The maximum Gasteiger partial charge on any atom is 0.308 e. The van der Waals surface area contributed by atoms with E-state index in [0.717, 1.165) is 19.3 Å². The molecule has 1 aromatic heterocycles. The molecule has 3 heterocycles. The lowest BCUT2D eigenvalue weighted by Gasteiger charge is -2.17. The lowest BCUT2D eigenvalue weighted by atomic mass is 9.92. The molecule has 25 heavy (non-hydrogen) atoms. The predicted octanol–water partition coefficient (Wildman–Crippen LogP) is 1.43. The number of hydrogen-bond donors (Lipinski definition) is 1. The van der Waals surface area contributed by atoms with E-state index in [1.54, 1.807) is 23.2 Å². The summed E-state index contributed by atoms with van der Waals surface area (Å²) in [6.45, 7) is 2.02. The van der Waals surface area contributed by atoms with Crippen molar-refractivity contribution in [2.75, 3.05) is 26.3 Å². The highest BCUT2D eigenvalue weighted by Gasteiger charge is 2.46. The number of nitrogens with zero attached hydrogens (tertiary/aromatic N) is 2. The van der Waals surface area contributed by atoms with E-state index in [9.17, 15) is 14.7 Å². The highest BCUT2D eigenvalue weighted by molar-refractivity contribution is 5.95. The molecular formula is C18H22N2O5. The highest BCUT2D eigenvalue weighted by Crippen LogP contribution is 2.44. The Hall–Kier alpha value is -2.15. The summed E-state index contributed by atoms with van der Waals surface area (Å²) in [6, 6.07) is 3.29. The summed E-state index contributed by atoms with van der Waals surface area (Å²) in [5, 5.41) is 9.45. The van der Waals surface area contributed by atoms with Crippen LogP contribution in [0.15, 0.2) is 18.3 Å². The van der Waals surface area contributed by atoms with E-state index in [1.807, 2.05) is 0 Å². The number of aliphatic carboxylic acids is 1. The molecule has 0 radical (unpaired) electrons. The highest BCUT2D eigenvalue weighted by atomic mass is 16.5. The Bertz CT molecular complexity index is 669. The van der Waals surface area contributed by atoms with Crippen LogP contribution >= 0.6 is 0 Å². The minimum atomic E-state index is -0.799. The fourth-order valence-corrected chi connectivity index (χ4v) is 3.82. The Morgan fingerprint density at radius 1 is 1.28 bits per heavy atom. The number of amides is 1. The Balaban J connectivity index is 1.46. The van der Waals surface area contributed by atoms with Gasteiger partial charge in [0.25, 0.3) is 5.91 Å². The molecule has 0 bridgehead atoms. The van der Waals surface area contributed by atoms with Crippen LogP contribution < -0.4 is 4.74 Å². The third-order valence-corrected chi connectivity index (χ3v) is 5.35. The van der Waals surface area contributed by atoms with Gasteiger partial charge in [-0.2, -0.15) is 0 Å². The first kappa shape index (κ1) is 16.3. The zero-order chi connectivity index (χ0) is 17.4. The molecule has 134 valence electrons. The van der Waals surface area contributed by atoms with Crippen molar-refractivity contribution in [3.63, 3.8) is 0 Å². The van der Waals surface area contributed by atoms with Crippen LogP contribution in [0.3, 0.4) is 0 Å². The van der Waals surface area contributed by atoms with E-state index in [4.69, 9.17) is 9.47 Å². The van der Waals surface area contributed by atoms with Crippen molar-refractivity contribution in [1.29, 1.82) is 0 Å². The first-order valence-corrected chi connectivity index (χ1v) is 8.84. The Labute approximate surface area is 145 Å². The van der Waals surface area contributed by atoms with Crippen molar-refractivity contribution in [2.45, 2.75) is 25.4 Å². The van der Waals surface area contributed by atoms with Gasteiger partial charge in [0.15, 0.2) is 0 Å². The molecule has 3 atom stereocenters. The van der Waals surface area contributed by atoms with Crippen molar-refractivity contribution in [3.05, 3.63) is 23.9 Å². The Morgan fingerprint density at radius 2 is 2.12 bits per heavy atom. The van der Waals surface area contributed by atoms with Crippen LogP contribution in [-0.2, 0) is 9.53 Å². The number of carbonyl (C=O) groups is 2. The van der Waals surface area contributed by atoms with Crippen LogP contribution in [0.25, 0.3) is 0 Å². The molecule has 0 spiro atoms. The number of carboxylic acid groups (broad SMARTS) is 1. The maximum absolute atomic E-state index is 12.8. The van der Waals surface area contributed by atoms with Crippen LogP contribution in [0, 0.1) is 17.8 Å². The molecule has 0 aromatic carbocycles. The molecule has 7 heteroatoms. The van der Waals surface area contributed by atoms with Gasteiger partial charge in [-0.05, 0) is 30.7 Å². The lowest BCUT2D eigenvalue weighted by Crippen LogP contribution is -2.30. The third kappa shape index (κ3) is 3.46. The van der Waals surface area contributed by atoms with Crippen molar-refractivity contribution in [2.24, 2.45) is 17.8 Å². The average Bonchev–Trinajstić information content (AvgIpc) is 3.14. The van der Waals surface area contributed by atoms with Crippen molar-refractivity contribution < 1.29 is 24.2 Å². The van der Waals surface area contributed by atoms with Crippen LogP contribution in [0.1, 0.15) is 29.6 Å². The first-order chi connectivity index (χ1) is 12.1. The molecule has 1 saturated carbocycles. The molecular weight excluding hydrogens is 324 g/mol. The molecule has 3 aliphatic rings. The standard InChI is InChI=1S/C18H22N2O5/c21-17(20-8-14(11-1-2-11)15(9-20)18(22)23)12-3-5-19-16(7-12)25-13-4-6-24-10-13/h3,5,7,11,13-15H,1-2,4,6,8-10H2,(H,22,23)/t13?,14-,15+/m1/s1. The van der Waals surface area contributed by atoms with E-state index in [-0.39, 0.29) is 24.5 Å². The monoisotopic (exact) mass is 346 g/mol. The Kier molecular flexibility index (Phi) is 4.33. The normalized spacial score (nSPS) is 29.0. The summed E-state index contributed by atoms with van der Waals surface area (Å²) in [5.41, 5.74) is 0.490. The maximum atomic E-state index is 12.8. The van der Waals surface area contributed by atoms with Gasteiger partial charge in [0.2, 0.25) is 5.88 Å². The molecule has 1 amide bonds. The lowest BCUT2D eigenvalue weighted by molar-refractivity contribution is -0.142. The number of aromatic nitrogens is 1. The van der Waals surface area contributed by atoms with Gasteiger partial charge in [0.1, 0.15) is 6.10 Å². The molecule has 3 fully saturated rings. The van der Waals surface area contributed by atoms with E-state index >= 15 is 0 Å². The van der Waals surface area contributed by atoms with E-state index in [0.29, 0.717) is 37.1 Å². The van der Waals surface area contributed by atoms with Gasteiger partial charge in [-0.1, -0.05) is 0 Å². The van der Waals surface area contributed by atoms with Crippen LogP contribution in [-0.4, -0.2) is 59.3 Å². The number of carbonyl (C=O) groups excluding carboxylic acids is 1. The summed E-state index contributed by atoms with van der Waals surface area (Å²) in [4.78, 5) is 30.2. The smallest absolute Gasteiger partial charge is 0.308 e. The molecule has 1 aromatic rings. The summed E-state index contributed by atoms with van der Waals surface area (Å²) in [6.07, 6.45) is 4.50. The van der Waals surface area contributed by atoms with Gasteiger partial charge in [-0.25, -0.2) is 4.98 Å². The van der Waals surface area contributed by atoms with E-state index in [1.165, 1.54) is 0 Å². The van der Waals surface area contributed by atoms with Crippen molar-refractivity contribution >= 4 is 11.9 Å². The second kappa shape index (κ2) is 6.63. The number of likely N-dealkylation sites (tertiary alicyclic amines) is 1. The SMILES string of the molecule is O=C(O)[C@H]1CN(C(=O)c2ccnc(OC3CCOC3)c2)C[C@@H]1C1CC1. The summed E-state index contributed by atoms with van der Waals surface area (Å²) in [5.74, 6) is -0.456. The van der Waals surface area contributed by atoms with Crippen LogP contribution in [0.2, 0.25) is 0 Å². The predicted molar refractivity (Wildman–Crippen MR) is 87.3 cm³/mol. The van der Waals surface area contributed by atoms with E-state index < -0.39 is 11.9 Å². The number of pyridine rings is 1. The zero-order valence-electron chi connectivity index (χ0n) is 14.0. The molecule has 2 aliphatic heterocycles. The van der Waals surface area contributed by atoms with Gasteiger partial charge < -0.3 is 19.5 Å². The van der Waals surface area contributed by atoms with Gasteiger partial charge in [-0.3, -0.25) is 9.59 Å². The van der Waals surface area contributed by atoms with E-state index in [2.05, 4.69) is 4.98 Å². The zero-order valence-corrected chi connectivity index (χ0v) is 14.0. The number of hydrogen-bond acceptors (Lipinski definition) is 5. The summed E-state index contributed by atoms with van der Waals surface area (Å²) < 4.78 is 11.0. The number of rotatable bonds is 5. The first-order valence-electron chi connectivity index (χ1n) is 8.84. The van der Waals surface area contributed by atoms with Gasteiger partial charge in [0, 0.05) is 37.3 Å². The molecule has 2 saturated heterocycles. The molecule has 1 aliphatic carbocycles. The summed E-state index contributed by atoms with van der Waals surface area (Å²) >= 11 is 0. The number of carboxylic acids is 1. The third-order valence-electron chi connectivity index (χ3n) is 5.35. The fraction of sp³-hybridized carbons (Fsp3) is 0.611. The van der Waals surface area contributed by atoms with Crippen molar-refractivity contribution in [1.82, 2.24) is 9.88 Å². The van der Waals surface area contributed by atoms with Crippen LogP contribution in [0.4, 0.5) is 0 Å². The second-order valence-electron chi connectivity index (χ2n) is 7.14. The molecule has 1 N–H and O–H groups in total. The minimum absolute atomic E-state index is 0.0275. The topological polar surface area (TPSA) is 89.0 Å². The van der Waals surface area contributed by atoms with Crippen molar-refractivity contribution in [3.8, 4) is 5.88 Å². The van der Waals surface area contributed by atoms with Gasteiger partial charge in [0.05, 0.1) is 19.1 Å².